The van der Waals surface area contributed by atoms with Crippen molar-refractivity contribution >= 4 is 34.1 Å². The lowest BCUT2D eigenvalue weighted by molar-refractivity contribution is 0.0144. The van der Waals surface area contributed by atoms with Crippen molar-refractivity contribution in [2.24, 2.45) is 0 Å². The molecular formula is C19H16Cl2N4O. The Morgan fingerprint density at radius 1 is 1.12 bits per heavy atom. The SMILES string of the molecule is OC(Cc1cc2ccccc2[nH]1)(Cn1cncn1)c1ccc(Cl)cc1Cl. The van der Waals surface area contributed by atoms with Crippen LogP contribution in [0.1, 0.15) is 11.3 Å². The first-order valence-electron chi connectivity index (χ1n) is 8.10. The minimum Gasteiger partial charge on any atom is -0.383 e. The summed E-state index contributed by atoms with van der Waals surface area (Å²) in [5, 5.41) is 17.7. The standard InChI is InChI=1S/C19H16Cl2N4O/c20-14-5-6-16(17(21)8-14)19(26,10-25-12-22-11-23-25)9-15-7-13-3-1-2-4-18(13)24-15/h1-8,11-12,24,26H,9-10H2. The summed E-state index contributed by atoms with van der Waals surface area (Å²) < 4.78 is 1.59. The Morgan fingerprint density at radius 2 is 1.96 bits per heavy atom. The van der Waals surface area contributed by atoms with Gasteiger partial charge in [-0.25, -0.2) is 9.67 Å². The number of hydrogen-bond acceptors (Lipinski definition) is 3. The number of nitrogens with one attached hydrogen (secondary N) is 1. The van der Waals surface area contributed by atoms with E-state index in [1.807, 2.05) is 30.3 Å². The smallest absolute Gasteiger partial charge is 0.137 e. The normalized spacial score (nSPS) is 13.8. The fraction of sp³-hybridized carbons (Fsp3) is 0.158. The number of para-hydroxylation sites is 1. The number of aromatic nitrogens is 4. The number of halogens is 2. The summed E-state index contributed by atoms with van der Waals surface area (Å²) in [5.41, 5.74) is 1.24. The molecule has 7 heteroatoms. The quantitative estimate of drug-likeness (QED) is 0.540. The molecule has 132 valence electrons. The van der Waals surface area contributed by atoms with Gasteiger partial charge in [-0.05, 0) is 29.7 Å². The molecule has 0 aliphatic carbocycles. The molecule has 1 unspecified atom stereocenters. The van der Waals surface area contributed by atoms with Gasteiger partial charge in [0.2, 0.25) is 0 Å². The first kappa shape index (κ1) is 17.1. The van der Waals surface area contributed by atoms with Gasteiger partial charge in [0.15, 0.2) is 0 Å². The Balaban J connectivity index is 1.76. The third-order valence-corrected chi connectivity index (χ3v) is 4.94. The molecule has 4 aromatic rings. The van der Waals surface area contributed by atoms with Gasteiger partial charge >= 0.3 is 0 Å². The van der Waals surface area contributed by atoms with Crippen molar-refractivity contribution in [2.45, 2.75) is 18.6 Å². The van der Waals surface area contributed by atoms with Crippen molar-refractivity contribution in [2.75, 3.05) is 0 Å². The average Bonchev–Trinajstić information content (AvgIpc) is 3.23. The summed E-state index contributed by atoms with van der Waals surface area (Å²) in [5.74, 6) is 0. The fourth-order valence-electron chi connectivity index (χ4n) is 3.23. The lowest BCUT2D eigenvalue weighted by atomic mass is 9.88. The van der Waals surface area contributed by atoms with E-state index in [0.717, 1.165) is 16.6 Å². The number of nitrogens with zero attached hydrogens (tertiary/aromatic N) is 3. The highest BCUT2D eigenvalue weighted by Crippen LogP contribution is 2.35. The molecule has 0 amide bonds. The van der Waals surface area contributed by atoms with E-state index in [9.17, 15) is 5.11 Å². The van der Waals surface area contributed by atoms with E-state index in [1.54, 1.807) is 29.2 Å². The fourth-order valence-corrected chi connectivity index (χ4v) is 3.81. The van der Waals surface area contributed by atoms with Crippen molar-refractivity contribution in [1.29, 1.82) is 0 Å². The average molecular weight is 387 g/mol. The van der Waals surface area contributed by atoms with Crippen LogP contribution >= 0.6 is 23.2 Å². The minimum atomic E-state index is -1.28. The maximum absolute atomic E-state index is 11.6. The number of rotatable bonds is 5. The van der Waals surface area contributed by atoms with E-state index in [1.165, 1.54) is 6.33 Å². The van der Waals surface area contributed by atoms with Crippen LogP contribution in [0.5, 0.6) is 0 Å². The van der Waals surface area contributed by atoms with Crippen LogP contribution in [-0.2, 0) is 18.6 Å². The van der Waals surface area contributed by atoms with E-state index < -0.39 is 5.60 Å². The molecular weight excluding hydrogens is 371 g/mol. The molecule has 0 aliphatic rings. The van der Waals surface area contributed by atoms with Crippen LogP contribution in [-0.4, -0.2) is 24.9 Å². The highest BCUT2D eigenvalue weighted by molar-refractivity contribution is 6.35. The molecule has 0 radical (unpaired) electrons. The molecule has 0 spiro atoms. The number of benzene rings is 2. The van der Waals surface area contributed by atoms with Crippen LogP contribution in [0.4, 0.5) is 0 Å². The van der Waals surface area contributed by atoms with Gasteiger partial charge in [0.1, 0.15) is 18.3 Å². The maximum atomic E-state index is 11.6. The van der Waals surface area contributed by atoms with Crippen LogP contribution in [0.3, 0.4) is 0 Å². The van der Waals surface area contributed by atoms with Crippen molar-refractivity contribution in [3.8, 4) is 0 Å². The largest absolute Gasteiger partial charge is 0.383 e. The highest BCUT2D eigenvalue weighted by atomic mass is 35.5. The predicted octanol–water partition coefficient (Wildman–Crippen LogP) is 4.20. The van der Waals surface area contributed by atoms with Gasteiger partial charge in [-0.3, -0.25) is 0 Å². The van der Waals surface area contributed by atoms with E-state index in [-0.39, 0.29) is 6.54 Å². The maximum Gasteiger partial charge on any atom is 0.137 e. The molecule has 2 heterocycles. The number of hydrogen-bond donors (Lipinski definition) is 2. The van der Waals surface area contributed by atoms with E-state index in [2.05, 4.69) is 15.1 Å². The van der Waals surface area contributed by atoms with Crippen LogP contribution in [0.15, 0.2) is 61.2 Å². The predicted molar refractivity (Wildman–Crippen MR) is 102 cm³/mol. The third kappa shape index (κ3) is 3.33. The molecule has 0 bridgehead atoms. The summed E-state index contributed by atoms with van der Waals surface area (Å²) in [7, 11) is 0. The highest BCUT2D eigenvalue weighted by Gasteiger charge is 2.33. The van der Waals surface area contributed by atoms with Crippen LogP contribution in [0.25, 0.3) is 10.9 Å². The molecule has 2 aromatic heterocycles. The van der Waals surface area contributed by atoms with Crippen molar-refractivity contribution in [1.82, 2.24) is 19.7 Å². The molecule has 0 aliphatic heterocycles. The van der Waals surface area contributed by atoms with Crippen LogP contribution in [0, 0.1) is 0 Å². The van der Waals surface area contributed by atoms with Gasteiger partial charge < -0.3 is 10.1 Å². The van der Waals surface area contributed by atoms with Crippen molar-refractivity contribution < 1.29 is 5.11 Å². The van der Waals surface area contributed by atoms with E-state index in [0.29, 0.717) is 22.0 Å². The Labute approximate surface area is 160 Å². The van der Waals surface area contributed by atoms with Crippen LogP contribution < -0.4 is 0 Å². The van der Waals surface area contributed by atoms with Crippen molar-refractivity contribution in [3.05, 3.63) is 82.5 Å². The second-order valence-electron chi connectivity index (χ2n) is 6.31. The topological polar surface area (TPSA) is 66.7 Å². The van der Waals surface area contributed by atoms with Gasteiger partial charge in [0.25, 0.3) is 0 Å². The first-order valence-corrected chi connectivity index (χ1v) is 8.86. The zero-order valence-corrected chi connectivity index (χ0v) is 15.2. The Bertz CT molecular complexity index is 1010. The van der Waals surface area contributed by atoms with Crippen molar-refractivity contribution in [3.63, 3.8) is 0 Å². The van der Waals surface area contributed by atoms with Crippen LogP contribution in [0.2, 0.25) is 10.0 Å². The van der Waals surface area contributed by atoms with Gasteiger partial charge in [0, 0.05) is 33.2 Å². The Hall–Kier alpha value is -2.34. The third-order valence-electron chi connectivity index (χ3n) is 4.39. The van der Waals surface area contributed by atoms with E-state index in [4.69, 9.17) is 23.2 Å². The summed E-state index contributed by atoms with van der Waals surface area (Å²) in [6.07, 6.45) is 3.34. The number of fused-ring (bicyclic) bond motifs is 1. The molecule has 0 saturated heterocycles. The number of aromatic amines is 1. The second-order valence-corrected chi connectivity index (χ2v) is 7.15. The molecule has 1 atom stereocenters. The molecule has 0 fully saturated rings. The zero-order chi connectivity index (χ0) is 18.1. The summed E-state index contributed by atoms with van der Waals surface area (Å²) in [6, 6.07) is 15.1. The zero-order valence-electron chi connectivity index (χ0n) is 13.7. The van der Waals surface area contributed by atoms with Gasteiger partial charge in [0.05, 0.1) is 6.54 Å². The number of aliphatic hydroxyl groups is 1. The second kappa shape index (κ2) is 6.76. The summed E-state index contributed by atoms with van der Waals surface area (Å²) in [4.78, 5) is 7.31. The van der Waals surface area contributed by atoms with E-state index >= 15 is 0 Å². The van der Waals surface area contributed by atoms with Gasteiger partial charge in [-0.2, -0.15) is 5.10 Å². The Kier molecular flexibility index (Phi) is 4.44. The molecule has 2 aromatic carbocycles. The molecule has 26 heavy (non-hydrogen) atoms. The van der Waals surface area contributed by atoms with Gasteiger partial charge in [-0.1, -0.05) is 47.5 Å². The first-order chi connectivity index (χ1) is 12.5. The summed E-state index contributed by atoms with van der Waals surface area (Å²) >= 11 is 12.4. The monoisotopic (exact) mass is 386 g/mol. The molecule has 4 rings (SSSR count). The minimum absolute atomic E-state index is 0.212. The lowest BCUT2D eigenvalue weighted by Crippen LogP contribution is -2.34. The Morgan fingerprint density at radius 3 is 2.69 bits per heavy atom. The molecule has 0 saturated carbocycles. The lowest BCUT2D eigenvalue weighted by Gasteiger charge is -2.29. The van der Waals surface area contributed by atoms with Gasteiger partial charge in [-0.15, -0.1) is 0 Å². The number of H-pyrrole nitrogens is 1. The molecule has 5 nitrogen and oxygen atoms in total. The molecule has 2 N–H and O–H groups in total. The summed E-state index contributed by atoms with van der Waals surface area (Å²) in [6.45, 7) is 0.212.